The number of rotatable bonds is 3. The fourth-order valence-electron chi connectivity index (χ4n) is 1.21. The topological polar surface area (TPSA) is 56.0 Å². The van der Waals surface area contributed by atoms with Crippen LogP contribution in [0.3, 0.4) is 0 Å². The first-order valence-corrected chi connectivity index (χ1v) is 4.35. The lowest BCUT2D eigenvalue weighted by molar-refractivity contribution is 0.0999. The van der Waals surface area contributed by atoms with Gasteiger partial charge in [-0.2, -0.15) is 0 Å². The molecule has 0 aliphatic carbocycles. The first-order valence-electron chi connectivity index (χ1n) is 4.35. The van der Waals surface area contributed by atoms with Crippen molar-refractivity contribution >= 4 is 18.3 Å². The third kappa shape index (κ3) is 3.34. The Balaban J connectivity index is 0.00000169. The van der Waals surface area contributed by atoms with Gasteiger partial charge >= 0.3 is 0 Å². The van der Waals surface area contributed by atoms with Gasteiger partial charge in [0.15, 0.2) is 0 Å². The number of hydrogen-bond donors (Lipinski definition) is 1. The van der Waals surface area contributed by atoms with Gasteiger partial charge in [0.2, 0.25) is 0 Å². The maximum absolute atomic E-state index is 11.0. The number of aromatic nitrogens is 1. The number of halogens is 1. The van der Waals surface area contributed by atoms with Gasteiger partial charge in [0.25, 0.3) is 5.91 Å². The summed E-state index contributed by atoms with van der Waals surface area (Å²) in [5, 5.41) is 0. The van der Waals surface area contributed by atoms with E-state index in [1.165, 1.54) is 0 Å². The first-order chi connectivity index (χ1) is 6.11. The molecule has 0 aromatic carbocycles. The minimum atomic E-state index is -0.399. The van der Waals surface area contributed by atoms with Gasteiger partial charge in [-0.3, -0.25) is 9.78 Å². The van der Waals surface area contributed by atoms with Crippen LogP contribution in [-0.2, 0) is 6.42 Å². The first kappa shape index (κ1) is 12.9. The molecule has 4 heteroatoms. The molecule has 0 fully saturated rings. The zero-order valence-corrected chi connectivity index (χ0v) is 9.17. The summed E-state index contributed by atoms with van der Waals surface area (Å²) >= 11 is 0. The van der Waals surface area contributed by atoms with E-state index in [1.807, 2.05) is 0 Å². The summed E-state index contributed by atoms with van der Waals surface area (Å²) in [4.78, 5) is 15.1. The normalized spacial score (nSPS) is 9.64. The largest absolute Gasteiger partial charge is 0.366 e. The second-order valence-corrected chi connectivity index (χ2v) is 3.46. The number of amides is 1. The number of hydrogen-bond acceptors (Lipinski definition) is 2. The Hall–Kier alpha value is -1.09. The number of primary amides is 1. The van der Waals surface area contributed by atoms with E-state index < -0.39 is 5.91 Å². The van der Waals surface area contributed by atoms with E-state index in [9.17, 15) is 4.79 Å². The number of nitrogens with two attached hydrogens (primary N) is 1. The fraction of sp³-hybridized carbons (Fsp3) is 0.400. The van der Waals surface area contributed by atoms with Gasteiger partial charge in [-0.05, 0) is 24.5 Å². The lowest BCUT2D eigenvalue weighted by Gasteiger charge is -2.06. The molecule has 1 amide bonds. The van der Waals surface area contributed by atoms with Crippen LogP contribution in [-0.4, -0.2) is 10.9 Å². The van der Waals surface area contributed by atoms with Crippen molar-refractivity contribution in [2.45, 2.75) is 20.3 Å². The minimum Gasteiger partial charge on any atom is -0.366 e. The van der Waals surface area contributed by atoms with Crippen LogP contribution in [0.2, 0.25) is 0 Å². The van der Waals surface area contributed by atoms with Crippen molar-refractivity contribution < 1.29 is 4.79 Å². The molecule has 3 nitrogen and oxygen atoms in total. The molecule has 0 spiro atoms. The Morgan fingerprint density at radius 3 is 2.71 bits per heavy atom. The third-order valence-electron chi connectivity index (χ3n) is 1.76. The lowest BCUT2D eigenvalue weighted by Crippen LogP contribution is -2.15. The van der Waals surface area contributed by atoms with E-state index in [-0.39, 0.29) is 12.4 Å². The van der Waals surface area contributed by atoms with Crippen LogP contribution in [0, 0.1) is 5.92 Å². The number of nitrogens with zero attached hydrogens (tertiary/aromatic N) is 1. The average molecular weight is 215 g/mol. The zero-order chi connectivity index (χ0) is 9.84. The second-order valence-electron chi connectivity index (χ2n) is 3.46. The van der Waals surface area contributed by atoms with Gasteiger partial charge in [-0.1, -0.05) is 13.8 Å². The van der Waals surface area contributed by atoms with Crippen LogP contribution in [0.4, 0.5) is 0 Å². The van der Waals surface area contributed by atoms with Crippen LogP contribution in [0.15, 0.2) is 18.3 Å². The second kappa shape index (κ2) is 5.60. The SMILES string of the molecule is CC(C)Cc1ncccc1C(N)=O.Cl. The summed E-state index contributed by atoms with van der Waals surface area (Å²) in [7, 11) is 0. The molecule has 1 heterocycles. The summed E-state index contributed by atoms with van der Waals surface area (Å²) in [5.41, 5.74) is 6.55. The monoisotopic (exact) mass is 214 g/mol. The molecular weight excluding hydrogens is 200 g/mol. The average Bonchev–Trinajstić information content (AvgIpc) is 2.03. The zero-order valence-electron chi connectivity index (χ0n) is 8.36. The third-order valence-corrected chi connectivity index (χ3v) is 1.76. The summed E-state index contributed by atoms with van der Waals surface area (Å²) in [5.74, 6) is 0.0803. The summed E-state index contributed by atoms with van der Waals surface area (Å²) in [6.07, 6.45) is 2.48. The lowest BCUT2D eigenvalue weighted by atomic mass is 10.0. The van der Waals surface area contributed by atoms with Crippen molar-refractivity contribution in [3.8, 4) is 0 Å². The van der Waals surface area contributed by atoms with Crippen LogP contribution in [0.5, 0.6) is 0 Å². The maximum atomic E-state index is 11.0. The van der Waals surface area contributed by atoms with E-state index in [4.69, 9.17) is 5.73 Å². The van der Waals surface area contributed by atoms with E-state index in [0.717, 1.165) is 12.1 Å². The summed E-state index contributed by atoms with van der Waals surface area (Å²) in [6, 6.07) is 3.44. The molecule has 78 valence electrons. The minimum absolute atomic E-state index is 0. The molecule has 1 rings (SSSR count). The highest BCUT2D eigenvalue weighted by atomic mass is 35.5. The highest BCUT2D eigenvalue weighted by Gasteiger charge is 2.09. The highest BCUT2D eigenvalue weighted by molar-refractivity contribution is 5.93. The van der Waals surface area contributed by atoms with Crippen molar-refractivity contribution in [1.82, 2.24) is 4.98 Å². The summed E-state index contributed by atoms with van der Waals surface area (Å²) in [6.45, 7) is 4.17. The quantitative estimate of drug-likeness (QED) is 0.834. The van der Waals surface area contributed by atoms with Crippen molar-refractivity contribution in [1.29, 1.82) is 0 Å². The molecule has 1 aromatic rings. The van der Waals surface area contributed by atoms with Crippen molar-refractivity contribution in [2.24, 2.45) is 11.7 Å². The van der Waals surface area contributed by atoms with Gasteiger partial charge in [-0.25, -0.2) is 0 Å². The van der Waals surface area contributed by atoms with Crippen molar-refractivity contribution in [3.63, 3.8) is 0 Å². The maximum Gasteiger partial charge on any atom is 0.250 e. The van der Waals surface area contributed by atoms with Crippen LogP contribution >= 0.6 is 12.4 Å². The van der Waals surface area contributed by atoms with E-state index in [2.05, 4.69) is 18.8 Å². The van der Waals surface area contributed by atoms with Crippen molar-refractivity contribution in [2.75, 3.05) is 0 Å². The Morgan fingerprint density at radius 2 is 2.21 bits per heavy atom. The molecular formula is C10H15ClN2O. The van der Waals surface area contributed by atoms with Crippen LogP contribution in [0.1, 0.15) is 29.9 Å². The Labute approximate surface area is 90.1 Å². The Kier molecular flexibility index (Phi) is 5.16. The molecule has 0 unspecified atom stereocenters. The van der Waals surface area contributed by atoms with Crippen LogP contribution < -0.4 is 5.73 Å². The predicted octanol–water partition coefficient (Wildman–Crippen LogP) is 1.80. The number of pyridine rings is 1. The highest BCUT2D eigenvalue weighted by Crippen LogP contribution is 2.09. The summed E-state index contributed by atoms with van der Waals surface area (Å²) < 4.78 is 0. The van der Waals surface area contributed by atoms with Crippen LogP contribution in [0.25, 0.3) is 0 Å². The molecule has 0 saturated carbocycles. The molecule has 0 atom stereocenters. The fourth-order valence-corrected chi connectivity index (χ4v) is 1.21. The standard InChI is InChI=1S/C10H14N2O.ClH/c1-7(2)6-9-8(10(11)13)4-3-5-12-9;/h3-5,7H,6H2,1-2H3,(H2,11,13);1H. The smallest absolute Gasteiger partial charge is 0.250 e. The van der Waals surface area contributed by atoms with Gasteiger partial charge < -0.3 is 5.73 Å². The molecule has 0 bridgehead atoms. The Bertz CT molecular complexity index is 313. The number of carbonyl (C=O) groups is 1. The molecule has 0 aliphatic rings. The molecule has 1 aromatic heterocycles. The Morgan fingerprint density at radius 1 is 1.57 bits per heavy atom. The van der Waals surface area contributed by atoms with E-state index in [0.29, 0.717) is 11.5 Å². The van der Waals surface area contributed by atoms with E-state index in [1.54, 1.807) is 18.3 Å². The molecule has 0 saturated heterocycles. The molecule has 0 aliphatic heterocycles. The van der Waals surface area contributed by atoms with Gasteiger partial charge in [0.1, 0.15) is 0 Å². The molecule has 14 heavy (non-hydrogen) atoms. The van der Waals surface area contributed by atoms with Gasteiger partial charge in [-0.15, -0.1) is 12.4 Å². The van der Waals surface area contributed by atoms with Gasteiger partial charge in [0, 0.05) is 6.20 Å². The molecule has 0 radical (unpaired) electrons. The van der Waals surface area contributed by atoms with E-state index >= 15 is 0 Å². The number of carbonyl (C=O) groups excluding carboxylic acids is 1. The molecule has 2 N–H and O–H groups in total. The van der Waals surface area contributed by atoms with Crippen molar-refractivity contribution in [3.05, 3.63) is 29.6 Å². The van der Waals surface area contributed by atoms with Gasteiger partial charge in [0.05, 0.1) is 11.3 Å². The predicted molar refractivity (Wildman–Crippen MR) is 58.5 cm³/mol.